The number of nitrogens with zero attached hydrogens (tertiary/aromatic N) is 3. The zero-order chi connectivity index (χ0) is 13.9. The van der Waals surface area contributed by atoms with E-state index in [4.69, 9.17) is 4.42 Å². The molecule has 0 amide bonds. The first-order valence-corrected chi connectivity index (χ1v) is 7.81. The topological polar surface area (TPSA) is 42.2 Å². The number of aromatic nitrogens is 2. The van der Waals surface area contributed by atoms with Gasteiger partial charge in [0.25, 0.3) is 0 Å². The van der Waals surface area contributed by atoms with E-state index in [9.17, 15) is 0 Å². The maximum atomic E-state index is 5.79. The molecule has 2 aromatic rings. The second-order valence-corrected chi connectivity index (χ2v) is 6.32. The first kappa shape index (κ1) is 13.8. The number of piperidine rings is 1. The van der Waals surface area contributed by atoms with Crippen LogP contribution >= 0.6 is 15.9 Å². The van der Waals surface area contributed by atoms with Crippen molar-refractivity contribution in [2.45, 2.75) is 26.3 Å². The molecular weight excluding hydrogens is 318 g/mol. The van der Waals surface area contributed by atoms with Crippen LogP contribution in [0.5, 0.6) is 0 Å². The summed E-state index contributed by atoms with van der Waals surface area (Å²) in [5, 5.41) is 8.33. The minimum atomic E-state index is 0.581. The minimum Gasteiger partial charge on any atom is -0.419 e. The van der Waals surface area contributed by atoms with E-state index in [0.717, 1.165) is 35.6 Å². The van der Waals surface area contributed by atoms with Crippen LogP contribution in [0.15, 0.2) is 33.2 Å². The van der Waals surface area contributed by atoms with E-state index in [1.807, 2.05) is 24.3 Å². The number of benzene rings is 1. The molecule has 1 aliphatic heterocycles. The van der Waals surface area contributed by atoms with Gasteiger partial charge >= 0.3 is 0 Å². The Kier molecular flexibility index (Phi) is 4.17. The molecular formula is C15H18BrN3O. The van der Waals surface area contributed by atoms with E-state index in [1.54, 1.807) is 0 Å². The summed E-state index contributed by atoms with van der Waals surface area (Å²) >= 11 is 3.51. The van der Waals surface area contributed by atoms with E-state index < -0.39 is 0 Å². The van der Waals surface area contributed by atoms with Gasteiger partial charge in [-0.2, -0.15) is 0 Å². The Labute approximate surface area is 127 Å². The lowest BCUT2D eigenvalue weighted by atomic mass is 10.0. The van der Waals surface area contributed by atoms with E-state index in [0.29, 0.717) is 11.8 Å². The van der Waals surface area contributed by atoms with E-state index >= 15 is 0 Å². The number of hydrogen-bond donors (Lipinski definition) is 0. The second kappa shape index (κ2) is 6.06. The second-order valence-electron chi connectivity index (χ2n) is 5.46. The lowest BCUT2D eigenvalue weighted by Crippen LogP contribution is -2.33. The zero-order valence-corrected chi connectivity index (χ0v) is 13.1. The maximum absolute atomic E-state index is 5.79. The summed E-state index contributed by atoms with van der Waals surface area (Å²) in [6, 6.07) is 7.89. The van der Waals surface area contributed by atoms with E-state index in [2.05, 4.69) is 38.0 Å². The molecule has 1 atom stereocenters. The van der Waals surface area contributed by atoms with Gasteiger partial charge in [0.05, 0.1) is 12.1 Å². The third kappa shape index (κ3) is 3.10. The molecule has 0 spiro atoms. The van der Waals surface area contributed by atoms with Crippen LogP contribution < -0.4 is 0 Å². The highest BCUT2D eigenvalue weighted by atomic mass is 79.9. The number of rotatable bonds is 3. The molecule has 0 saturated carbocycles. The van der Waals surface area contributed by atoms with Crippen molar-refractivity contribution in [3.8, 4) is 11.5 Å². The predicted octanol–water partition coefficient (Wildman–Crippen LogP) is 3.73. The minimum absolute atomic E-state index is 0.581. The highest BCUT2D eigenvalue weighted by Gasteiger charge is 2.19. The molecule has 1 fully saturated rings. The van der Waals surface area contributed by atoms with Crippen LogP contribution in [0.2, 0.25) is 0 Å². The van der Waals surface area contributed by atoms with Crippen molar-refractivity contribution in [2.24, 2.45) is 5.92 Å². The van der Waals surface area contributed by atoms with Gasteiger partial charge in [-0.3, -0.25) is 4.90 Å². The first-order valence-electron chi connectivity index (χ1n) is 7.02. The maximum Gasteiger partial charge on any atom is 0.248 e. The fourth-order valence-electron chi connectivity index (χ4n) is 2.68. The molecule has 0 radical (unpaired) electrons. The molecule has 1 saturated heterocycles. The molecule has 5 heteroatoms. The van der Waals surface area contributed by atoms with Crippen LogP contribution in [0.1, 0.15) is 25.7 Å². The van der Waals surface area contributed by atoms with Gasteiger partial charge in [-0.15, -0.1) is 10.2 Å². The molecule has 0 aliphatic carbocycles. The molecule has 0 unspecified atom stereocenters. The smallest absolute Gasteiger partial charge is 0.248 e. The Morgan fingerprint density at radius 2 is 2.20 bits per heavy atom. The van der Waals surface area contributed by atoms with Crippen molar-refractivity contribution in [1.29, 1.82) is 0 Å². The molecule has 1 aliphatic rings. The normalized spacial score (nSPS) is 20.2. The Bertz CT molecular complexity index is 584. The summed E-state index contributed by atoms with van der Waals surface area (Å²) in [7, 11) is 0. The standard InChI is InChI=1S/C15H18BrN3O/c1-11-5-4-8-19(9-11)10-14-17-18-15(20-14)12-6-2-3-7-13(12)16/h2-3,6-7,11H,4-5,8-10H2,1H3/t11-/m0/s1. The van der Waals surface area contributed by atoms with Crippen molar-refractivity contribution in [2.75, 3.05) is 13.1 Å². The SMILES string of the molecule is C[C@H]1CCCN(Cc2nnc(-c3ccccc3Br)o2)C1. The Morgan fingerprint density at radius 3 is 3.00 bits per heavy atom. The van der Waals surface area contributed by atoms with Crippen LogP contribution in [-0.4, -0.2) is 28.2 Å². The highest BCUT2D eigenvalue weighted by molar-refractivity contribution is 9.10. The van der Waals surface area contributed by atoms with Crippen molar-refractivity contribution >= 4 is 15.9 Å². The summed E-state index contributed by atoms with van der Waals surface area (Å²) in [6.45, 7) is 5.29. The third-order valence-electron chi connectivity index (χ3n) is 3.67. The lowest BCUT2D eigenvalue weighted by Gasteiger charge is -2.29. The Morgan fingerprint density at radius 1 is 1.35 bits per heavy atom. The summed E-state index contributed by atoms with van der Waals surface area (Å²) in [6.07, 6.45) is 2.58. The van der Waals surface area contributed by atoms with Crippen LogP contribution in [0, 0.1) is 5.92 Å². The molecule has 106 valence electrons. The van der Waals surface area contributed by atoms with Gasteiger partial charge in [-0.1, -0.05) is 19.1 Å². The van der Waals surface area contributed by atoms with Gasteiger partial charge in [0.15, 0.2) is 0 Å². The molecule has 0 bridgehead atoms. The third-order valence-corrected chi connectivity index (χ3v) is 4.36. The zero-order valence-electron chi connectivity index (χ0n) is 11.6. The van der Waals surface area contributed by atoms with Gasteiger partial charge in [0, 0.05) is 11.0 Å². The summed E-state index contributed by atoms with van der Waals surface area (Å²) in [5.41, 5.74) is 0.943. The fourth-order valence-corrected chi connectivity index (χ4v) is 3.14. The van der Waals surface area contributed by atoms with Crippen LogP contribution in [0.4, 0.5) is 0 Å². The number of likely N-dealkylation sites (tertiary alicyclic amines) is 1. The molecule has 3 rings (SSSR count). The van der Waals surface area contributed by atoms with Crippen molar-refractivity contribution in [3.63, 3.8) is 0 Å². The summed E-state index contributed by atoms with van der Waals surface area (Å²) < 4.78 is 6.77. The first-order chi connectivity index (χ1) is 9.72. The average Bonchev–Trinajstić information content (AvgIpc) is 2.87. The Balaban J connectivity index is 1.72. The van der Waals surface area contributed by atoms with Crippen molar-refractivity contribution in [3.05, 3.63) is 34.6 Å². The number of halogens is 1. The van der Waals surface area contributed by atoms with Crippen molar-refractivity contribution in [1.82, 2.24) is 15.1 Å². The summed E-state index contributed by atoms with van der Waals surface area (Å²) in [5.74, 6) is 2.04. The molecule has 1 aromatic heterocycles. The van der Waals surface area contributed by atoms with Crippen LogP contribution in [0.3, 0.4) is 0 Å². The average molecular weight is 336 g/mol. The molecule has 1 aromatic carbocycles. The summed E-state index contributed by atoms with van der Waals surface area (Å²) in [4.78, 5) is 2.39. The quantitative estimate of drug-likeness (QED) is 0.856. The number of hydrogen-bond acceptors (Lipinski definition) is 4. The van der Waals surface area contributed by atoms with Gasteiger partial charge in [0.2, 0.25) is 11.8 Å². The van der Waals surface area contributed by atoms with E-state index in [1.165, 1.54) is 12.8 Å². The van der Waals surface area contributed by atoms with Crippen LogP contribution in [0.25, 0.3) is 11.5 Å². The van der Waals surface area contributed by atoms with E-state index in [-0.39, 0.29) is 0 Å². The Hall–Kier alpha value is -1.20. The van der Waals surface area contributed by atoms with Gasteiger partial charge in [0.1, 0.15) is 0 Å². The van der Waals surface area contributed by atoms with Crippen LogP contribution in [-0.2, 0) is 6.54 Å². The predicted molar refractivity (Wildman–Crippen MR) is 81.1 cm³/mol. The monoisotopic (exact) mass is 335 g/mol. The van der Waals surface area contributed by atoms with Gasteiger partial charge in [-0.25, -0.2) is 0 Å². The molecule has 0 N–H and O–H groups in total. The molecule has 2 heterocycles. The van der Waals surface area contributed by atoms with Gasteiger partial charge in [-0.05, 0) is 53.4 Å². The highest BCUT2D eigenvalue weighted by Crippen LogP contribution is 2.27. The largest absolute Gasteiger partial charge is 0.419 e. The molecule has 4 nitrogen and oxygen atoms in total. The van der Waals surface area contributed by atoms with Crippen molar-refractivity contribution < 1.29 is 4.42 Å². The lowest BCUT2D eigenvalue weighted by molar-refractivity contribution is 0.163. The fraction of sp³-hybridized carbons (Fsp3) is 0.467. The molecule has 20 heavy (non-hydrogen) atoms. The van der Waals surface area contributed by atoms with Gasteiger partial charge < -0.3 is 4.42 Å².